The van der Waals surface area contributed by atoms with Gasteiger partial charge in [-0.3, -0.25) is 9.82 Å². The molecule has 0 aliphatic carbocycles. The van der Waals surface area contributed by atoms with Crippen molar-refractivity contribution in [2.75, 3.05) is 4.72 Å². The number of benzene rings is 1. The van der Waals surface area contributed by atoms with E-state index in [0.717, 1.165) is 11.1 Å². The van der Waals surface area contributed by atoms with Crippen molar-refractivity contribution in [2.45, 2.75) is 32.4 Å². The van der Waals surface area contributed by atoms with Crippen molar-refractivity contribution in [3.63, 3.8) is 0 Å². The van der Waals surface area contributed by atoms with E-state index in [9.17, 15) is 13.5 Å². The molecule has 0 radical (unpaired) electrons. The fraction of sp³-hybridized carbons (Fsp3) is 0.308. The molecule has 6 nitrogen and oxygen atoms in total. The van der Waals surface area contributed by atoms with Crippen LogP contribution in [0.2, 0.25) is 0 Å². The molecule has 7 heteroatoms. The van der Waals surface area contributed by atoms with Gasteiger partial charge in [0, 0.05) is 11.3 Å². The van der Waals surface area contributed by atoms with Gasteiger partial charge in [-0.15, -0.1) is 0 Å². The summed E-state index contributed by atoms with van der Waals surface area (Å²) in [5.74, 6) is 0. The molecule has 0 fully saturated rings. The SMILES string of the molecule is Cc1ccc(C)c(NS(=O)(=O)c2n[nH]c(C)c2CO)c1. The molecule has 2 aromatic rings. The standard InChI is InChI=1S/C13H17N3O3S/c1-8-4-5-9(2)12(6-8)16-20(18,19)13-11(7-17)10(3)14-15-13/h4-6,16-17H,7H2,1-3H3,(H,14,15). The maximum absolute atomic E-state index is 12.4. The molecular weight excluding hydrogens is 278 g/mol. The average molecular weight is 295 g/mol. The van der Waals surface area contributed by atoms with Gasteiger partial charge in [-0.05, 0) is 38.0 Å². The molecule has 2 rings (SSSR count). The van der Waals surface area contributed by atoms with Gasteiger partial charge in [-0.2, -0.15) is 13.5 Å². The minimum atomic E-state index is -3.83. The van der Waals surface area contributed by atoms with Crippen LogP contribution in [-0.4, -0.2) is 23.7 Å². The van der Waals surface area contributed by atoms with Gasteiger partial charge in [0.05, 0.1) is 12.3 Å². The van der Waals surface area contributed by atoms with Gasteiger partial charge in [0.25, 0.3) is 10.0 Å². The van der Waals surface area contributed by atoms with Crippen LogP contribution in [0.1, 0.15) is 22.4 Å². The number of nitrogens with zero attached hydrogens (tertiary/aromatic N) is 1. The van der Waals surface area contributed by atoms with Gasteiger partial charge < -0.3 is 5.11 Å². The number of aliphatic hydroxyl groups excluding tert-OH is 1. The number of aromatic nitrogens is 2. The Balaban J connectivity index is 2.43. The lowest BCUT2D eigenvalue weighted by molar-refractivity contribution is 0.277. The van der Waals surface area contributed by atoms with Gasteiger partial charge in [0.1, 0.15) is 0 Å². The highest BCUT2D eigenvalue weighted by atomic mass is 32.2. The van der Waals surface area contributed by atoms with Crippen molar-refractivity contribution in [3.05, 3.63) is 40.6 Å². The van der Waals surface area contributed by atoms with Crippen LogP contribution in [0.3, 0.4) is 0 Å². The minimum Gasteiger partial charge on any atom is -0.392 e. The summed E-state index contributed by atoms with van der Waals surface area (Å²) in [4.78, 5) is 0. The Morgan fingerprint density at radius 3 is 2.65 bits per heavy atom. The van der Waals surface area contributed by atoms with Crippen LogP contribution in [0.25, 0.3) is 0 Å². The Labute approximate surface area is 117 Å². The Morgan fingerprint density at radius 2 is 2.00 bits per heavy atom. The van der Waals surface area contributed by atoms with E-state index < -0.39 is 10.0 Å². The molecule has 1 aromatic carbocycles. The van der Waals surface area contributed by atoms with Crippen molar-refractivity contribution < 1.29 is 13.5 Å². The molecule has 0 aliphatic rings. The number of aromatic amines is 1. The lowest BCUT2D eigenvalue weighted by Crippen LogP contribution is -2.16. The molecule has 0 amide bonds. The van der Waals surface area contributed by atoms with E-state index in [2.05, 4.69) is 14.9 Å². The lowest BCUT2D eigenvalue weighted by Gasteiger charge is -2.10. The molecule has 0 atom stereocenters. The topological polar surface area (TPSA) is 95.1 Å². The third kappa shape index (κ3) is 2.68. The Hall–Kier alpha value is -1.86. The highest BCUT2D eigenvalue weighted by molar-refractivity contribution is 7.92. The van der Waals surface area contributed by atoms with Crippen LogP contribution in [0, 0.1) is 20.8 Å². The summed E-state index contributed by atoms with van der Waals surface area (Å²) in [6, 6.07) is 5.51. The summed E-state index contributed by atoms with van der Waals surface area (Å²) in [6.45, 7) is 4.98. The number of aryl methyl sites for hydroxylation is 3. The maximum Gasteiger partial charge on any atom is 0.281 e. The van der Waals surface area contributed by atoms with Gasteiger partial charge in [-0.1, -0.05) is 12.1 Å². The molecule has 0 bridgehead atoms. The first kappa shape index (κ1) is 14.5. The first-order valence-corrected chi connectivity index (χ1v) is 7.58. The zero-order valence-electron chi connectivity index (χ0n) is 11.6. The Bertz CT molecular complexity index is 735. The van der Waals surface area contributed by atoms with E-state index in [1.54, 1.807) is 13.0 Å². The van der Waals surface area contributed by atoms with E-state index in [1.807, 2.05) is 26.0 Å². The Morgan fingerprint density at radius 1 is 1.30 bits per heavy atom. The fourth-order valence-electron chi connectivity index (χ4n) is 1.88. The predicted octanol–water partition coefficient (Wildman–Crippen LogP) is 1.63. The van der Waals surface area contributed by atoms with Crippen LogP contribution in [0.5, 0.6) is 0 Å². The quantitative estimate of drug-likeness (QED) is 0.799. The van der Waals surface area contributed by atoms with Crippen LogP contribution in [-0.2, 0) is 16.6 Å². The zero-order chi connectivity index (χ0) is 14.9. The molecule has 108 valence electrons. The molecule has 3 N–H and O–H groups in total. The highest BCUT2D eigenvalue weighted by Crippen LogP contribution is 2.23. The minimum absolute atomic E-state index is 0.168. The summed E-state index contributed by atoms with van der Waals surface area (Å²) in [5, 5.41) is 15.4. The van der Waals surface area contributed by atoms with E-state index in [4.69, 9.17) is 0 Å². The summed E-state index contributed by atoms with van der Waals surface area (Å²) in [7, 11) is -3.83. The van der Waals surface area contributed by atoms with Crippen LogP contribution in [0.4, 0.5) is 5.69 Å². The van der Waals surface area contributed by atoms with E-state index in [-0.39, 0.29) is 17.2 Å². The second-order valence-corrected chi connectivity index (χ2v) is 6.31. The van der Waals surface area contributed by atoms with Crippen LogP contribution >= 0.6 is 0 Å². The molecule has 1 heterocycles. The van der Waals surface area contributed by atoms with Crippen molar-refractivity contribution in [1.29, 1.82) is 0 Å². The Kier molecular flexibility index (Phi) is 3.82. The van der Waals surface area contributed by atoms with Crippen molar-refractivity contribution in [1.82, 2.24) is 10.2 Å². The number of anilines is 1. The molecule has 1 aromatic heterocycles. The summed E-state index contributed by atoms with van der Waals surface area (Å²) in [5.41, 5.74) is 3.09. The second kappa shape index (κ2) is 5.26. The van der Waals surface area contributed by atoms with Gasteiger partial charge in [0.2, 0.25) is 5.03 Å². The van der Waals surface area contributed by atoms with Crippen LogP contribution in [0.15, 0.2) is 23.2 Å². The molecule has 20 heavy (non-hydrogen) atoms. The molecule has 0 unspecified atom stereocenters. The number of H-pyrrole nitrogens is 1. The van der Waals surface area contributed by atoms with E-state index in [0.29, 0.717) is 11.4 Å². The number of sulfonamides is 1. The molecular formula is C13H17N3O3S. The second-order valence-electron chi connectivity index (χ2n) is 4.71. The average Bonchev–Trinajstić information content (AvgIpc) is 2.75. The lowest BCUT2D eigenvalue weighted by atomic mass is 10.1. The number of hydrogen-bond acceptors (Lipinski definition) is 4. The first-order chi connectivity index (χ1) is 9.35. The predicted molar refractivity (Wildman–Crippen MR) is 76.0 cm³/mol. The number of nitrogens with one attached hydrogen (secondary N) is 2. The third-order valence-corrected chi connectivity index (χ3v) is 4.42. The molecule has 0 saturated heterocycles. The van der Waals surface area contributed by atoms with Gasteiger partial charge in [0.15, 0.2) is 0 Å². The third-order valence-electron chi connectivity index (χ3n) is 3.09. The van der Waals surface area contributed by atoms with Gasteiger partial charge >= 0.3 is 0 Å². The maximum atomic E-state index is 12.4. The van der Waals surface area contributed by atoms with E-state index >= 15 is 0 Å². The van der Waals surface area contributed by atoms with Crippen LogP contribution < -0.4 is 4.72 Å². The number of aliphatic hydroxyl groups is 1. The van der Waals surface area contributed by atoms with E-state index in [1.165, 1.54) is 0 Å². The monoisotopic (exact) mass is 295 g/mol. The smallest absolute Gasteiger partial charge is 0.281 e. The fourth-order valence-corrected chi connectivity index (χ4v) is 3.19. The summed E-state index contributed by atoms with van der Waals surface area (Å²) in [6.07, 6.45) is 0. The number of rotatable bonds is 4. The normalized spacial score (nSPS) is 11.6. The summed E-state index contributed by atoms with van der Waals surface area (Å²) >= 11 is 0. The summed E-state index contributed by atoms with van der Waals surface area (Å²) < 4.78 is 27.2. The molecule has 0 saturated carbocycles. The highest BCUT2D eigenvalue weighted by Gasteiger charge is 2.24. The molecule has 0 aliphatic heterocycles. The first-order valence-electron chi connectivity index (χ1n) is 6.10. The largest absolute Gasteiger partial charge is 0.392 e. The molecule has 0 spiro atoms. The van der Waals surface area contributed by atoms with Crippen molar-refractivity contribution in [3.8, 4) is 0 Å². The zero-order valence-corrected chi connectivity index (χ0v) is 12.4. The number of hydrogen-bond donors (Lipinski definition) is 3. The van der Waals surface area contributed by atoms with Crippen molar-refractivity contribution in [2.24, 2.45) is 0 Å². The van der Waals surface area contributed by atoms with Crippen molar-refractivity contribution >= 4 is 15.7 Å². The van der Waals surface area contributed by atoms with Gasteiger partial charge in [-0.25, -0.2) is 0 Å².